The summed E-state index contributed by atoms with van der Waals surface area (Å²) in [6.07, 6.45) is 0. The van der Waals surface area contributed by atoms with E-state index in [0.717, 1.165) is 12.1 Å². The van der Waals surface area contributed by atoms with Gasteiger partial charge in [-0.15, -0.1) is 0 Å². The molecule has 0 atom stereocenters. The van der Waals surface area contributed by atoms with Gasteiger partial charge in [-0.25, -0.2) is 8.78 Å². The maximum absolute atomic E-state index is 14.5. The normalized spacial score (nSPS) is 12.0. The molecule has 2 aromatic rings. The van der Waals surface area contributed by atoms with Gasteiger partial charge in [0.05, 0.1) is 0 Å². The molecule has 1 aliphatic carbocycles. The molecule has 2 N–H and O–H groups in total. The van der Waals surface area contributed by atoms with E-state index in [1.165, 1.54) is 12.1 Å². The molecule has 0 saturated heterocycles. The molecule has 2 aromatic carbocycles. The summed E-state index contributed by atoms with van der Waals surface area (Å²) in [7, 11) is -4.89. The van der Waals surface area contributed by atoms with Crippen molar-refractivity contribution in [3.63, 3.8) is 0 Å². The number of phenols is 1. The van der Waals surface area contributed by atoms with Crippen molar-refractivity contribution >= 4 is 21.1 Å². The van der Waals surface area contributed by atoms with Crippen LogP contribution in [0.3, 0.4) is 0 Å². The van der Waals surface area contributed by atoms with Crippen molar-refractivity contribution in [2.45, 2.75) is 4.90 Å². The molecule has 0 bridgehead atoms. The predicted octanol–water partition coefficient (Wildman–Crippen LogP) is 4.07. The van der Waals surface area contributed by atoms with Gasteiger partial charge >= 0.3 is 0 Å². The highest BCUT2D eigenvalue weighted by Crippen LogP contribution is 2.45. The van der Waals surface area contributed by atoms with Crippen LogP contribution in [0.4, 0.5) is 17.6 Å². The van der Waals surface area contributed by atoms with Crippen LogP contribution in [-0.4, -0.2) is 18.1 Å². The molecular formula is C19H8F4O6S. The predicted molar refractivity (Wildman–Crippen MR) is 95.9 cm³/mol. The van der Waals surface area contributed by atoms with E-state index in [2.05, 4.69) is 0 Å². The van der Waals surface area contributed by atoms with Gasteiger partial charge in [0.1, 0.15) is 4.90 Å². The van der Waals surface area contributed by atoms with Crippen LogP contribution in [0, 0.1) is 23.3 Å². The van der Waals surface area contributed by atoms with Crippen molar-refractivity contribution in [3.8, 4) is 28.2 Å². The fourth-order valence-corrected chi connectivity index (χ4v) is 3.88. The average molecular weight is 440 g/mol. The number of halogens is 4. The smallest absolute Gasteiger partial charge is 0.295 e. The van der Waals surface area contributed by atoms with Crippen molar-refractivity contribution in [1.29, 1.82) is 0 Å². The third-order valence-electron chi connectivity index (χ3n) is 4.46. The molecule has 0 unspecified atom stereocenters. The van der Waals surface area contributed by atoms with Crippen LogP contribution in [0.1, 0.15) is 0 Å². The van der Waals surface area contributed by atoms with Crippen LogP contribution in [-0.2, 0) is 10.1 Å². The Morgan fingerprint density at radius 2 is 1.57 bits per heavy atom. The second-order valence-electron chi connectivity index (χ2n) is 6.22. The summed E-state index contributed by atoms with van der Waals surface area (Å²) in [5.41, 5.74) is -3.99. The minimum atomic E-state index is -4.89. The van der Waals surface area contributed by atoms with Crippen molar-refractivity contribution in [2.24, 2.45) is 0 Å². The lowest BCUT2D eigenvalue weighted by molar-refractivity contribution is 0.393. The van der Waals surface area contributed by atoms with Crippen LogP contribution in [0.5, 0.6) is 5.75 Å². The summed E-state index contributed by atoms with van der Waals surface area (Å²) in [5, 5.41) is 9.02. The highest BCUT2D eigenvalue weighted by Gasteiger charge is 2.30. The van der Waals surface area contributed by atoms with E-state index in [1.807, 2.05) is 0 Å². The molecule has 11 heteroatoms. The molecular weight excluding hydrogens is 432 g/mol. The molecule has 0 aromatic heterocycles. The molecule has 0 fully saturated rings. The van der Waals surface area contributed by atoms with Gasteiger partial charge in [0, 0.05) is 22.1 Å². The van der Waals surface area contributed by atoms with E-state index in [0.29, 0.717) is 12.1 Å². The standard InChI is InChI=1S/C19H8F4O6S/c20-10-5-8-13(7-3-1-2-4-12(7)30(26,27)28)9-6-11(21)17(25)15(23)19(9)29-18(8)14(22)16(10)24/h1-6,24H,(H,26,27,28). The molecule has 4 rings (SSSR count). The molecule has 0 saturated carbocycles. The molecule has 1 aliphatic heterocycles. The molecule has 0 radical (unpaired) electrons. The van der Waals surface area contributed by atoms with E-state index in [9.17, 15) is 40.4 Å². The van der Waals surface area contributed by atoms with E-state index >= 15 is 0 Å². The number of fused-ring (bicyclic) bond motifs is 2. The Morgan fingerprint density at radius 3 is 2.23 bits per heavy atom. The third-order valence-corrected chi connectivity index (χ3v) is 5.37. The number of benzene rings is 3. The molecule has 30 heavy (non-hydrogen) atoms. The van der Waals surface area contributed by atoms with Gasteiger partial charge in [-0.3, -0.25) is 9.35 Å². The maximum Gasteiger partial charge on any atom is 0.295 e. The zero-order valence-corrected chi connectivity index (χ0v) is 15.2. The number of hydrogen-bond acceptors (Lipinski definition) is 5. The van der Waals surface area contributed by atoms with Gasteiger partial charge in [-0.2, -0.15) is 17.2 Å². The van der Waals surface area contributed by atoms with Crippen molar-refractivity contribution in [2.75, 3.05) is 0 Å². The topological polar surface area (TPSA) is 105 Å². The molecule has 2 aliphatic rings. The summed E-state index contributed by atoms with van der Waals surface area (Å²) in [6.45, 7) is 0. The van der Waals surface area contributed by atoms with Gasteiger partial charge in [-0.1, -0.05) is 18.2 Å². The Balaban J connectivity index is 2.36. The van der Waals surface area contributed by atoms with E-state index in [4.69, 9.17) is 4.42 Å². The Hall–Kier alpha value is -3.44. The van der Waals surface area contributed by atoms with E-state index in [-0.39, 0.29) is 5.56 Å². The Bertz CT molecular complexity index is 1490. The molecule has 0 spiro atoms. The second-order valence-corrected chi connectivity index (χ2v) is 7.61. The number of rotatable bonds is 2. The van der Waals surface area contributed by atoms with Crippen LogP contribution in [0.25, 0.3) is 33.4 Å². The van der Waals surface area contributed by atoms with Gasteiger partial charge in [0.15, 0.2) is 28.7 Å². The molecule has 1 heterocycles. The van der Waals surface area contributed by atoms with Crippen LogP contribution in [0.15, 0.2) is 50.5 Å². The Labute approximate surface area is 164 Å². The van der Waals surface area contributed by atoms with Gasteiger partial charge in [0.2, 0.25) is 11.6 Å². The summed E-state index contributed by atoms with van der Waals surface area (Å²) < 4.78 is 95.2. The first-order chi connectivity index (χ1) is 14.0. The third kappa shape index (κ3) is 2.82. The van der Waals surface area contributed by atoms with Crippen LogP contribution >= 0.6 is 0 Å². The minimum Gasteiger partial charge on any atom is -0.503 e. The fraction of sp³-hybridized carbons (Fsp3) is 0. The monoisotopic (exact) mass is 440 g/mol. The lowest BCUT2D eigenvalue weighted by atomic mass is 9.93. The molecule has 6 nitrogen and oxygen atoms in total. The molecule has 154 valence electrons. The average Bonchev–Trinajstić information content (AvgIpc) is 2.69. The van der Waals surface area contributed by atoms with Gasteiger partial charge in [-0.05, 0) is 18.2 Å². The first-order valence-corrected chi connectivity index (χ1v) is 9.48. The SMILES string of the molecule is O=c1c(F)cc2c(-c3ccccc3S(=O)(=O)O)c3cc(F)c(O)c(F)c3oc-2c1F. The highest BCUT2D eigenvalue weighted by atomic mass is 32.2. The number of hydrogen-bond donors (Lipinski definition) is 2. The largest absolute Gasteiger partial charge is 0.503 e. The Kier molecular flexibility index (Phi) is 4.33. The van der Waals surface area contributed by atoms with Crippen molar-refractivity contribution in [1.82, 2.24) is 0 Å². The number of aromatic hydroxyl groups is 1. The summed E-state index contributed by atoms with van der Waals surface area (Å²) >= 11 is 0. The van der Waals surface area contributed by atoms with Gasteiger partial charge < -0.3 is 9.52 Å². The number of phenolic OH excluding ortho intramolecular Hbond substituents is 1. The zero-order valence-electron chi connectivity index (χ0n) is 14.4. The minimum absolute atomic E-state index is 0.382. The lowest BCUT2D eigenvalue weighted by Crippen LogP contribution is -2.14. The quantitative estimate of drug-likeness (QED) is 0.277. The first kappa shape index (κ1) is 19.9. The zero-order chi connectivity index (χ0) is 22.0. The summed E-state index contributed by atoms with van der Waals surface area (Å²) in [6, 6.07) is 5.67. The van der Waals surface area contributed by atoms with E-state index in [1.54, 1.807) is 0 Å². The van der Waals surface area contributed by atoms with Crippen LogP contribution < -0.4 is 5.43 Å². The van der Waals surface area contributed by atoms with Crippen molar-refractivity contribution in [3.05, 3.63) is 69.9 Å². The first-order valence-electron chi connectivity index (χ1n) is 8.04. The van der Waals surface area contributed by atoms with Crippen molar-refractivity contribution < 1.29 is 40.1 Å². The molecule has 0 amide bonds. The summed E-state index contributed by atoms with van der Waals surface area (Å²) in [4.78, 5) is 10.9. The second kappa shape index (κ2) is 6.54. The fourth-order valence-electron chi connectivity index (χ4n) is 3.18. The maximum atomic E-state index is 14.5. The summed E-state index contributed by atoms with van der Waals surface area (Å²) in [5.74, 6) is -8.88. The highest BCUT2D eigenvalue weighted by molar-refractivity contribution is 7.86. The van der Waals surface area contributed by atoms with Crippen LogP contribution in [0.2, 0.25) is 0 Å². The van der Waals surface area contributed by atoms with E-state index < -0.39 is 77.3 Å². The van der Waals surface area contributed by atoms with Gasteiger partial charge in [0.25, 0.3) is 15.5 Å². The Morgan fingerprint density at radius 1 is 0.900 bits per heavy atom. The lowest BCUT2D eigenvalue weighted by Gasteiger charge is -2.18.